The van der Waals surface area contributed by atoms with Crippen molar-refractivity contribution in [1.82, 2.24) is 19.9 Å². The van der Waals surface area contributed by atoms with Gasteiger partial charge in [0.05, 0.1) is 5.69 Å². The summed E-state index contributed by atoms with van der Waals surface area (Å²) in [6.45, 7) is 1.98. The summed E-state index contributed by atoms with van der Waals surface area (Å²) in [6.07, 6.45) is 4.20. The molecule has 1 saturated heterocycles. The average molecular weight is 250 g/mol. The molecule has 0 amide bonds. The molecule has 1 fully saturated rings. The maximum Gasteiger partial charge on any atom is 0.230 e. The molecule has 88 valence electrons. The zero-order chi connectivity index (χ0) is 11.7. The first-order valence-corrected chi connectivity index (χ1v) is 6.01. The predicted octanol–water partition coefficient (Wildman–Crippen LogP) is 2.12. The lowest BCUT2D eigenvalue weighted by molar-refractivity contribution is 0.881. The molecule has 3 rings (SSSR count). The Morgan fingerprint density at radius 3 is 2.71 bits per heavy atom. The van der Waals surface area contributed by atoms with Crippen molar-refractivity contribution in [3.05, 3.63) is 23.6 Å². The van der Waals surface area contributed by atoms with E-state index in [0.717, 1.165) is 18.8 Å². The van der Waals surface area contributed by atoms with Crippen LogP contribution in [0.3, 0.4) is 0 Å². The lowest BCUT2D eigenvalue weighted by atomic mass is 10.4. The molecule has 0 atom stereocenters. The molecule has 1 N–H and O–H groups in total. The Morgan fingerprint density at radius 1 is 1.18 bits per heavy atom. The van der Waals surface area contributed by atoms with Gasteiger partial charge in [0.25, 0.3) is 0 Å². The molecule has 1 aliphatic rings. The maximum atomic E-state index is 5.94. The Morgan fingerprint density at radius 2 is 2.00 bits per heavy atom. The van der Waals surface area contributed by atoms with Crippen LogP contribution in [0.15, 0.2) is 18.3 Å². The lowest BCUT2D eigenvalue weighted by Gasteiger charge is -2.15. The van der Waals surface area contributed by atoms with E-state index in [4.69, 9.17) is 11.6 Å². The summed E-state index contributed by atoms with van der Waals surface area (Å²) in [7, 11) is 0. The second-order valence-corrected chi connectivity index (χ2v) is 4.34. The Balaban J connectivity index is 2.00. The Hall–Kier alpha value is -1.62. The van der Waals surface area contributed by atoms with Gasteiger partial charge in [0.2, 0.25) is 11.2 Å². The van der Waals surface area contributed by atoms with Gasteiger partial charge in [-0.2, -0.15) is 15.0 Å². The van der Waals surface area contributed by atoms with Gasteiger partial charge in [-0.1, -0.05) is 0 Å². The summed E-state index contributed by atoms with van der Waals surface area (Å²) < 4.78 is 0. The highest BCUT2D eigenvalue weighted by atomic mass is 35.5. The van der Waals surface area contributed by atoms with Crippen LogP contribution in [0, 0.1) is 0 Å². The third kappa shape index (κ3) is 2.10. The van der Waals surface area contributed by atoms with E-state index >= 15 is 0 Å². The first kappa shape index (κ1) is 10.5. The molecule has 0 unspecified atom stereocenters. The zero-order valence-corrected chi connectivity index (χ0v) is 9.98. The summed E-state index contributed by atoms with van der Waals surface area (Å²) >= 11 is 5.94. The smallest absolute Gasteiger partial charge is 0.230 e. The van der Waals surface area contributed by atoms with Crippen molar-refractivity contribution < 1.29 is 0 Å². The van der Waals surface area contributed by atoms with Gasteiger partial charge in [-0.3, -0.25) is 0 Å². The van der Waals surface area contributed by atoms with Gasteiger partial charge in [0.1, 0.15) is 0 Å². The molecule has 0 saturated carbocycles. The van der Waals surface area contributed by atoms with E-state index in [2.05, 4.69) is 24.8 Å². The molecule has 5 nitrogen and oxygen atoms in total. The summed E-state index contributed by atoms with van der Waals surface area (Å²) in [5.74, 6) is 1.27. The van der Waals surface area contributed by atoms with Crippen molar-refractivity contribution in [3.63, 3.8) is 0 Å². The quantitative estimate of drug-likeness (QED) is 0.886. The van der Waals surface area contributed by atoms with Crippen molar-refractivity contribution in [1.29, 1.82) is 0 Å². The SMILES string of the molecule is Clc1nc(-c2ccc[nH]2)nc(N2CCCC2)n1. The number of aromatic nitrogens is 4. The van der Waals surface area contributed by atoms with Crippen molar-refractivity contribution in [2.45, 2.75) is 12.8 Å². The minimum absolute atomic E-state index is 0.242. The van der Waals surface area contributed by atoms with Crippen LogP contribution in [0.4, 0.5) is 5.95 Å². The van der Waals surface area contributed by atoms with Crippen LogP contribution in [0.1, 0.15) is 12.8 Å². The number of nitrogens with zero attached hydrogens (tertiary/aromatic N) is 4. The minimum Gasteiger partial charge on any atom is -0.359 e. The fraction of sp³-hybridized carbons (Fsp3) is 0.364. The van der Waals surface area contributed by atoms with E-state index < -0.39 is 0 Å². The van der Waals surface area contributed by atoms with Crippen LogP contribution >= 0.6 is 11.6 Å². The van der Waals surface area contributed by atoms with E-state index in [1.54, 1.807) is 0 Å². The molecule has 17 heavy (non-hydrogen) atoms. The number of nitrogens with one attached hydrogen (secondary N) is 1. The molecular weight excluding hydrogens is 238 g/mol. The molecule has 2 aromatic rings. The minimum atomic E-state index is 0.242. The number of anilines is 1. The normalized spacial score (nSPS) is 15.5. The van der Waals surface area contributed by atoms with Crippen LogP contribution in [-0.2, 0) is 0 Å². The summed E-state index contributed by atoms with van der Waals surface area (Å²) in [6, 6.07) is 3.82. The lowest BCUT2D eigenvalue weighted by Crippen LogP contribution is -2.21. The van der Waals surface area contributed by atoms with Gasteiger partial charge in [0, 0.05) is 19.3 Å². The molecule has 0 aliphatic carbocycles. The van der Waals surface area contributed by atoms with Gasteiger partial charge in [0.15, 0.2) is 5.82 Å². The summed E-state index contributed by atoms with van der Waals surface area (Å²) in [5.41, 5.74) is 0.856. The number of halogens is 1. The van der Waals surface area contributed by atoms with Crippen molar-refractivity contribution in [2.24, 2.45) is 0 Å². The molecule has 0 bridgehead atoms. The first-order valence-electron chi connectivity index (χ1n) is 5.63. The third-order valence-corrected chi connectivity index (χ3v) is 2.99. The van der Waals surface area contributed by atoms with E-state index in [1.165, 1.54) is 12.8 Å². The van der Waals surface area contributed by atoms with Gasteiger partial charge < -0.3 is 9.88 Å². The number of aromatic amines is 1. The summed E-state index contributed by atoms with van der Waals surface area (Å²) in [5, 5.41) is 0.242. The second kappa shape index (κ2) is 4.33. The fourth-order valence-corrected chi connectivity index (χ4v) is 2.14. The maximum absolute atomic E-state index is 5.94. The Bertz CT molecular complexity index is 505. The topological polar surface area (TPSA) is 57.7 Å². The number of rotatable bonds is 2. The van der Waals surface area contributed by atoms with Gasteiger partial charge in [-0.15, -0.1) is 0 Å². The third-order valence-electron chi connectivity index (χ3n) is 2.82. The highest BCUT2D eigenvalue weighted by Crippen LogP contribution is 2.20. The fourth-order valence-electron chi connectivity index (χ4n) is 1.99. The number of hydrogen-bond acceptors (Lipinski definition) is 4. The number of hydrogen-bond donors (Lipinski definition) is 1. The monoisotopic (exact) mass is 249 g/mol. The molecule has 6 heteroatoms. The van der Waals surface area contributed by atoms with Crippen molar-refractivity contribution in [2.75, 3.05) is 18.0 Å². The first-order chi connectivity index (χ1) is 8.33. The molecule has 0 spiro atoms. The molecule has 0 aromatic carbocycles. The van der Waals surface area contributed by atoms with E-state index in [-0.39, 0.29) is 5.28 Å². The van der Waals surface area contributed by atoms with Crippen LogP contribution in [0.2, 0.25) is 5.28 Å². The summed E-state index contributed by atoms with van der Waals surface area (Å²) in [4.78, 5) is 18.0. The highest BCUT2D eigenvalue weighted by Gasteiger charge is 2.17. The van der Waals surface area contributed by atoms with Crippen LogP contribution in [0.25, 0.3) is 11.5 Å². The van der Waals surface area contributed by atoms with Crippen LogP contribution in [0.5, 0.6) is 0 Å². The largest absolute Gasteiger partial charge is 0.359 e. The Labute approximate surface area is 104 Å². The van der Waals surface area contributed by atoms with Gasteiger partial charge in [-0.05, 0) is 36.6 Å². The standard InChI is InChI=1S/C11H12ClN5/c12-10-14-9(8-4-3-5-13-8)15-11(16-10)17-6-1-2-7-17/h3-5,13H,1-2,6-7H2. The van der Waals surface area contributed by atoms with Crippen LogP contribution < -0.4 is 4.90 Å². The molecule has 1 aliphatic heterocycles. The zero-order valence-electron chi connectivity index (χ0n) is 9.23. The van der Waals surface area contributed by atoms with E-state index in [9.17, 15) is 0 Å². The molecule has 2 aromatic heterocycles. The molecule has 0 radical (unpaired) electrons. The number of H-pyrrole nitrogens is 1. The van der Waals surface area contributed by atoms with E-state index in [0.29, 0.717) is 11.8 Å². The van der Waals surface area contributed by atoms with Gasteiger partial charge in [-0.25, -0.2) is 0 Å². The second-order valence-electron chi connectivity index (χ2n) is 4.01. The van der Waals surface area contributed by atoms with E-state index in [1.807, 2.05) is 18.3 Å². The predicted molar refractivity (Wildman–Crippen MR) is 66.1 cm³/mol. The van der Waals surface area contributed by atoms with Crippen molar-refractivity contribution >= 4 is 17.5 Å². The molecule has 3 heterocycles. The molecular formula is C11H12ClN5. The Kier molecular flexibility index (Phi) is 2.68. The van der Waals surface area contributed by atoms with Crippen molar-refractivity contribution in [3.8, 4) is 11.5 Å². The van der Waals surface area contributed by atoms with Gasteiger partial charge >= 0.3 is 0 Å². The highest BCUT2D eigenvalue weighted by molar-refractivity contribution is 6.28. The average Bonchev–Trinajstić information content (AvgIpc) is 3.02. The van der Waals surface area contributed by atoms with Crippen LogP contribution in [-0.4, -0.2) is 33.0 Å².